The Morgan fingerprint density at radius 1 is 0.900 bits per heavy atom. The maximum absolute atomic E-state index is 11.4. The number of aldehydes is 1. The maximum Gasteiger partial charge on any atom is 0.152 e. The third-order valence-corrected chi connectivity index (χ3v) is 3.35. The Balaban J connectivity index is 2.21. The van der Waals surface area contributed by atoms with Crippen LogP contribution in [0.1, 0.15) is 15.9 Å². The smallest absolute Gasteiger partial charge is 0.152 e. The Morgan fingerprint density at radius 2 is 1.40 bits per heavy atom. The summed E-state index contributed by atoms with van der Waals surface area (Å²) in [5.74, 6) is 0. The van der Waals surface area contributed by atoms with Crippen molar-refractivity contribution in [3.8, 4) is 22.5 Å². The average molecular weight is 263 g/mol. The molecule has 3 aromatic heterocycles. The minimum absolute atomic E-state index is 0.683. The first-order valence-electron chi connectivity index (χ1n) is 6.30. The number of nitrogens with zero attached hydrogens (tertiary/aromatic N) is 2. The quantitative estimate of drug-likeness (QED) is 0.738. The molecule has 20 heavy (non-hydrogen) atoms. The van der Waals surface area contributed by atoms with E-state index in [1.165, 1.54) is 0 Å². The van der Waals surface area contributed by atoms with Crippen LogP contribution in [0.2, 0.25) is 0 Å². The van der Waals surface area contributed by atoms with Crippen LogP contribution < -0.4 is 0 Å². The summed E-state index contributed by atoms with van der Waals surface area (Å²) in [6.07, 6.45) is 7.80. The highest BCUT2D eigenvalue weighted by Crippen LogP contribution is 2.31. The standard InChI is InChI=1S/C16H13N3O/c1-11-14(10-20)16(13-4-8-18-9-5-13)19-15(11)12-2-6-17-7-3-12/h2-10,19H,1H3. The van der Waals surface area contributed by atoms with E-state index >= 15 is 0 Å². The summed E-state index contributed by atoms with van der Waals surface area (Å²) >= 11 is 0. The number of rotatable bonds is 3. The number of hydrogen-bond donors (Lipinski definition) is 1. The zero-order valence-corrected chi connectivity index (χ0v) is 11.0. The van der Waals surface area contributed by atoms with Crippen molar-refractivity contribution >= 4 is 6.29 Å². The molecule has 0 aromatic carbocycles. The molecule has 0 bridgehead atoms. The lowest BCUT2D eigenvalue weighted by molar-refractivity contribution is 0.112. The molecule has 0 fully saturated rings. The van der Waals surface area contributed by atoms with Crippen molar-refractivity contribution in [1.29, 1.82) is 0 Å². The fourth-order valence-corrected chi connectivity index (χ4v) is 2.31. The van der Waals surface area contributed by atoms with E-state index in [1.54, 1.807) is 24.8 Å². The molecule has 98 valence electrons. The van der Waals surface area contributed by atoms with Gasteiger partial charge in [0.05, 0.1) is 5.69 Å². The number of nitrogens with one attached hydrogen (secondary N) is 1. The van der Waals surface area contributed by atoms with E-state index in [0.717, 1.165) is 34.4 Å². The molecule has 1 N–H and O–H groups in total. The second-order valence-corrected chi connectivity index (χ2v) is 4.50. The minimum atomic E-state index is 0.683. The molecular formula is C16H13N3O. The number of hydrogen-bond acceptors (Lipinski definition) is 3. The van der Waals surface area contributed by atoms with Gasteiger partial charge in [0.2, 0.25) is 0 Å². The number of aromatic amines is 1. The molecule has 0 aliphatic rings. The van der Waals surface area contributed by atoms with E-state index in [-0.39, 0.29) is 0 Å². The van der Waals surface area contributed by atoms with Crippen LogP contribution in [0.25, 0.3) is 22.5 Å². The summed E-state index contributed by atoms with van der Waals surface area (Å²) in [6.45, 7) is 1.95. The van der Waals surface area contributed by atoms with Crippen molar-refractivity contribution in [2.24, 2.45) is 0 Å². The summed E-state index contributed by atoms with van der Waals surface area (Å²) in [5.41, 5.74) is 5.36. The molecule has 0 aliphatic heterocycles. The lowest BCUT2D eigenvalue weighted by Gasteiger charge is -1.99. The van der Waals surface area contributed by atoms with Crippen LogP contribution in [0.3, 0.4) is 0 Å². The van der Waals surface area contributed by atoms with E-state index in [4.69, 9.17) is 0 Å². The summed E-state index contributed by atoms with van der Waals surface area (Å²) in [4.78, 5) is 22.8. The van der Waals surface area contributed by atoms with Gasteiger partial charge in [-0.2, -0.15) is 0 Å². The van der Waals surface area contributed by atoms with Crippen molar-refractivity contribution in [2.45, 2.75) is 6.92 Å². The molecule has 3 rings (SSSR count). The Labute approximate surface area is 116 Å². The van der Waals surface area contributed by atoms with Crippen molar-refractivity contribution in [3.63, 3.8) is 0 Å². The molecule has 0 aliphatic carbocycles. The summed E-state index contributed by atoms with van der Waals surface area (Å²) < 4.78 is 0. The average Bonchev–Trinajstić information content (AvgIpc) is 2.86. The van der Waals surface area contributed by atoms with Gasteiger partial charge in [0.15, 0.2) is 6.29 Å². The lowest BCUT2D eigenvalue weighted by atomic mass is 10.0. The zero-order valence-electron chi connectivity index (χ0n) is 11.0. The molecule has 3 heterocycles. The van der Waals surface area contributed by atoms with Gasteiger partial charge in [0.25, 0.3) is 0 Å². The molecule has 3 aromatic rings. The molecule has 0 unspecified atom stereocenters. The maximum atomic E-state index is 11.4. The van der Waals surface area contributed by atoms with E-state index in [0.29, 0.717) is 5.56 Å². The first-order valence-corrected chi connectivity index (χ1v) is 6.30. The third kappa shape index (κ3) is 2.01. The SMILES string of the molecule is Cc1c(-c2ccncc2)[nH]c(-c2ccncc2)c1C=O. The van der Waals surface area contributed by atoms with Gasteiger partial charge >= 0.3 is 0 Å². The Bertz CT molecular complexity index is 733. The van der Waals surface area contributed by atoms with Crippen molar-refractivity contribution in [1.82, 2.24) is 15.0 Å². The Morgan fingerprint density at radius 3 is 1.90 bits per heavy atom. The van der Waals surface area contributed by atoms with Crippen LogP contribution in [0, 0.1) is 6.92 Å². The van der Waals surface area contributed by atoms with Crippen molar-refractivity contribution in [2.75, 3.05) is 0 Å². The monoisotopic (exact) mass is 263 g/mol. The predicted molar refractivity (Wildman–Crippen MR) is 77.4 cm³/mol. The number of aromatic nitrogens is 3. The number of carbonyl (C=O) groups is 1. The second-order valence-electron chi connectivity index (χ2n) is 4.50. The van der Waals surface area contributed by atoms with Gasteiger partial charge in [-0.15, -0.1) is 0 Å². The summed E-state index contributed by atoms with van der Waals surface area (Å²) in [7, 11) is 0. The molecule has 4 heteroatoms. The normalized spacial score (nSPS) is 10.4. The van der Waals surface area contributed by atoms with Gasteiger partial charge in [0, 0.05) is 47.2 Å². The first-order chi connectivity index (χ1) is 9.81. The third-order valence-electron chi connectivity index (χ3n) is 3.35. The van der Waals surface area contributed by atoms with Gasteiger partial charge < -0.3 is 4.98 Å². The molecule has 0 atom stereocenters. The molecule has 4 nitrogen and oxygen atoms in total. The number of H-pyrrole nitrogens is 1. The molecule has 0 amide bonds. The Hall–Kier alpha value is -2.75. The highest BCUT2D eigenvalue weighted by Gasteiger charge is 2.15. The zero-order chi connectivity index (χ0) is 13.9. The van der Waals surface area contributed by atoms with Gasteiger partial charge in [-0.25, -0.2) is 0 Å². The van der Waals surface area contributed by atoms with Crippen LogP contribution >= 0.6 is 0 Å². The van der Waals surface area contributed by atoms with E-state index in [2.05, 4.69) is 15.0 Å². The van der Waals surface area contributed by atoms with Crippen LogP contribution in [0.15, 0.2) is 49.1 Å². The molecule has 0 saturated heterocycles. The number of carbonyl (C=O) groups excluding carboxylic acids is 1. The fourth-order valence-electron chi connectivity index (χ4n) is 2.31. The van der Waals surface area contributed by atoms with E-state index in [1.807, 2.05) is 31.2 Å². The van der Waals surface area contributed by atoms with Crippen molar-refractivity contribution < 1.29 is 4.79 Å². The second kappa shape index (κ2) is 5.09. The Kier molecular flexibility index (Phi) is 3.13. The molecule has 0 saturated carbocycles. The van der Waals surface area contributed by atoms with Crippen LogP contribution in [0.5, 0.6) is 0 Å². The molecule has 0 radical (unpaired) electrons. The number of pyridine rings is 2. The fraction of sp³-hybridized carbons (Fsp3) is 0.0625. The van der Waals surface area contributed by atoms with E-state index < -0.39 is 0 Å². The van der Waals surface area contributed by atoms with E-state index in [9.17, 15) is 4.79 Å². The molecular weight excluding hydrogens is 250 g/mol. The highest BCUT2D eigenvalue weighted by molar-refractivity contribution is 5.92. The largest absolute Gasteiger partial charge is 0.354 e. The van der Waals surface area contributed by atoms with Crippen LogP contribution in [0.4, 0.5) is 0 Å². The van der Waals surface area contributed by atoms with Gasteiger partial charge in [-0.1, -0.05) is 0 Å². The molecule has 0 spiro atoms. The topological polar surface area (TPSA) is 58.6 Å². The van der Waals surface area contributed by atoms with Crippen LogP contribution in [-0.4, -0.2) is 21.2 Å². The van der Waals surface area contributed by atoms with Gasteiger partial charge in [-0.05, 0) is 36.8 Å². The first kappa shape index (κ1) is 12.3. The summed E-state index contributed by atoms with van der Waals surface area (Å²) in [5, 5.41) is 0. The van der Waals surface area contributed by atoms with Crippen LogP contribution in [-0.2, 0) is 0 Å². The lowest BCUT2D eigenvalue weighted by Crippen LogP contribution is -1.86. The highest BCUT2D eigenvalue weighted by atomic mass is 16.1. The summed E-state index contributed by atoms with van der Waals surface area (Å²) in [6, 6.07) is 7.61. The van der Waals surface area contributed by atoms with Gasteiger partial charge in [0.1, 0.15) is 0 Å². The van der Waals surface area contributed by atoms with Crippen molar-refractivity contribution in [3.05, 3.63) is 60.2 Å². The van der Waals surface area contributed by atoms with Gasteiger partial charge in [-0.3, -0.25) is 14.8 Å². The minimum Gasteiger partial charge on any atom is -0.354 e. The predicted octanol–water partition coefficient (Wildman–Crippen LogP) is 3.26.